The molecule has 0 bridgehead atoms. The minimum atomic E-state index is -0.806. The zero-order valence-corrected chi connectivity index (χ0v) is 12.2. The Bertz CT molecular complexity index is 642. The van der Waals surface area contributed by atoms with E-state index in [0.717, 1.165) is 35.4 Å². The normalized spacial score (nSPS) is 22.6. The molecule has 6 heteroatoms. The van der Waals surface area contributed by atoms with Crippen LogP contribution in [0.4, 0.5) is 5.82 Å². The molecular weight excluding hydrogens is 274 g/mol. The lowest BCUT2D eigenvalue weighted by Crippen LogP contribution is -2.51. The summed E-state index contributed by atoms with van der Waals surface area (Å²) in [5.74, 6) is 0.0403. The number of hydrogen-bond donors (Lipinski definition) is 1. The topological polar surface area (TPSA) is 66.3 Å². The van der Waals surface area contributed by atoms with Crippen LogP contribution in [-0.4, -0.2) is 33.1 Å². The molecule has 2 aromatic rings. The molecule has 106 valence electrons. The maximum atomic E-state index is 11.9. The van der Waals surface area contributed by atoms with E-state index in [9.17, 15) is 9.90 Å². The Morgan fingerprint density at radius 1 is 1.55 bits per heavy atom. The Morgan fingerprint density at radius 2 is 2.40 bits per heavy atom. The highest BCUT2D eigenvalue weighted by Gasteiger charge is 2.48. The Balaban J connectivity index is 2.12. The summed E-state index contributed by atoms with van der Waals surface area (Å²) in [4.78, 5) is 22.5. The summed E-state index contributed by atoms with van der Waals surface area (Å²) in [5, 5.41) is 11.7. The van der Waals surface area contributed by atoms with Crippen LogP contribution in [0.3, 0.4) is 0 Å². The van der Waals surface area contributed by atoms with Crippen LogP contribution < -0.4 is 4.90 Å². The number of aliphatic carboxylic acids is 1. The number of anilines is 1. The molecule has 0 aromatic carbocycles. The molecule has 1 fully saturated rings. The van der Waals surface area contributed by atoms with Crippen LogP contribution in [0.2, 0.25) is 0 Å². The van der Waals surface area contributed by atoms with E-state index in [1.54, 1.807) is 11.3 Å². The van der Waals surface area contributed by atoms with E-state index < -0.39 is 11.5 Å². The van der Waals surface area contributed by atoms with Crippen LogP contribution in [0.15, 0.2) is 17.8 Å². The van der Waals surface area contributed by atoms with Gasteiger partial charge in [-0.15, -0.1) is 11.3 Å². The van der Waals surface area contributed by atoms with Crippen molar-refractivity contribution in [1.29, 1.82) is 0 Å². The molecule has 1 aliphatic rings. The maximum absolute atomic E-state index is 11.9. The van der Waals surface area contributed by atoms with Crippen molar-refractivity contribution >= 4 is 33.3 Å². The first-order valence-corrected chi connectivity index (χ1v) is 7.76. The first-order valence-electron chi connectivity index (χ1n) is 6.88. The summed E-state index contributed by atoms with van der Waals surface area (Å²) in [6, 6.07) is 1.95. The van der Waals surface area contributed by atoms with Gasteiger partial charge < -0.3 is 10.0 Å². The van der Waals surface area contributed by atoms with Crippen molar-refractivity contribution in [2.24, 2.45) is 0 Å². The van der Waals surface area contributed by atoms with Crippen LogP contribution in [-0.2, 0) is 4.79 Å². The first-order chi connectivity index (χ1) is 9.69. The molecule has 0 spiro atoms. The number of carbonyl (C=O) groups is 1. The molecule has 3 rings (SSSR count). The Hall–Kier alpha value is -1.69. The van der Waals surface area contributed by atoms with Gasteiger partial charge in [0.05, 0.1) is 10.2 Å². The van der Waals surface area contributed by atoms with Crippen molar-refractivity contribution in [2.75, 3.05) is 11.4 Å². The monoisotopic (exact) mass is 291 g/mol. The third kappa shape index (κ3) is 1.86. The van der Waals surface area contributed by atoms with Crippen LogP contribution in [0.1, 0.15) is 32.6 Å². The van der Waals surface area contributed by atoms with Crippen LogP contribution in [0, 0.1) is 0 Å². The molecule has 0 radical (unpaired) electrons. The van der Waals surface area contributed by atoms with Crippen LogP contribution in [0.25, 0.3) is 10.2 Å². The summed E-state index contributed by atoms with van der Waals surface area (Å²) >= 11 is 1.57. The second-order valence-corrected chi connectivity index (χ2v) is 6.09. The average Bonchev–Trinajstić information content (AvgIpc) is 3.05. The highest BCUT2D eigenvalue weighted by molar-refractivity contribution is 7.17. The van der Waals surface area contributed by atoms with Gasteiger partial charge in [-0.1, -0.05) is 13.3 Å². The molecule has 1 N–H and O–H groups in total. The smallest absolute Gasteiger partial charge is 0.329 e. The molecule has 20 heavy (non-hydrogen) atoms. The van der Waals surface area contributed by atoms with E-state index in [1.807, 2.05) is 23.3 Å². The predicted molar refractivity (Wildman–Crippen MR) is 79.3 cm³/mol. The standard InChI is InChI=1S/C14H17N3O2S/c1-2-5-14(13(18)19)6-3-7-17(14)12-11-10(4-8-20-11)15-9-16-12/h4,8-9H,2-3,5-7H2,1H3,(H,18,19). The lowest BCUT2D eigenvalue weighted by Gasteiger charge is -2.35. The summed E-state index contributed by atoms with van der Waals surface area (Å²) in [6.45, 7) is 2.78. The van der Waals surface area contributed by atoms with Crippen molar-refractivity contribution in [3.8, 4) is 0 Å². The van der Waals surface area contributed by atoms with Gasteiger partial charge >= 0.3 is 5.97 Å². The quantitative estimate of drug-likeness (QED) is 0.938. The number of hydrogen-bond acceptors (Lipinski definition) is 5. The zero-order chi connectivity index (χ0) is 14.2. The van der Waals surface area contributed by atoms with E-state index in [-0.39, 0.29) is 0 Å². The Morgan fingerprint density at radius 3 is 3.15 bits per heavy atom. The molecule has 3 heterocycles. The van der Waals surface area contributed by atoms with Gasteiger partial charge in [0.2, 0.25) is 0 Å². The fraction of sp³-hybridized carbons (Fsp3) is 0.500. The van der Waals surface area contributed by atoms with Gasteiger partial charge in [-0.25, -0.2) is 14.8 Å². The molecule has 0 amide bonds. The minimum absolute atomic E-state index is 0.652. The molecule has 1 saturated heterocycles. The highest BCUT2D eigenvalue weighted by atomic mass is 32.1. The number of carboxylic acid groups (broad SMARTS) is 1. The second kappa shape index (κ2) is 5.01. The molecule has 0 aliphatic carbocycles. The van der Waals surface area contributed by atoms with Crippen molar-refractivity contribution in [3.63, 3.8) is 0 Å². The van der Waals surface area contributed by atoms with Gasteiger partial charge in [0, 0.05) is 6.54 Å². The van der Waals surface area contributed by atoms with Crippen LogP contribution >= 0.6 is 11.3 Å². The highest BCUT2D eigenvalue weighted by Crippen LogP contribution is 2.40. The Labute approximate surface area is 121 Å². The number of carboxylic acids is 1. The van der Waals surface area contributed by atoms with E-state index in [2.05, 4.69) is 9.97 Å². The number of nitrogens with zero attached hydrogens (tertiary/aromatic N) is 3. The SMILES string of the molecule is CCCC1(C(=O)O)CCCN1c1ncnc2ccsc12. The Kier molecular flexibility index (Phi) is 3.33. The number of thiophene rings is 1. The van der Waals surface area contributed by atoms with Gasteiger partial charge in [0.25, 0.3) is 0 Å². The van der Waals surface area contributed by atoms with Crippen molar-refractivity contribution < 1.29 is 9.90 Å². The number of aromatic nitrogens is 2. The average molecular weight is 291 g/mol. The maximum Gasteiger partial charge on any atom is 0.329 e. The summed E-state index contributed by atoms with van der Waals surface area (Å²) in [5.41, 5.74) is 0.0858. The van der Waals surface area contributed by atoms with E-state index in [4.69, 9.17) is 0 Å². The number of fused-ring (bicyclic) bond motifs is 1. The third-order valence-corrected chi connectivity index (χ3v) is 4.93. The van der Waals surface area contributed by atoms with E-state index in [0.29, 0.717) is 12.8 Å². The molecule has 1 aliphatic heterocycles. The van der Waals surface area contributed by atoms with Gasteiger partial charge in [-0.05, 0) is 30.7 Å². The summed E-state index contributed by atoms with van der Waals surface area (Å²) in [6.07, 6.45) is 4.61. The van der Waals surface area contributed by atoms with Crippen molar-refractivity contribution in [2.45, 2.75) is 38.1 Å². The lowest BCUT2D eigenvalue weighted by atomic mass is 9.90. The van der Waals surface area contributed by atoms with Gasteiger partial charge in [-0.2, -0.15) is 0 Å². The van der Waals surface area contributed by atoms with E-state index in [1.165, 1.54) is 6.33 Å². The third-order valence-electron chi connectivity index (χ3n) is 4.03. The fourth-order valence-electron chi connectivity index (χ4n) is 3.16. The van der Waals surface area contributed by atoms with Crippen molar-refractivity contribution in [3.05, 3.63) is 17.8 Å². The summed E-state index contributed by atoms with van der Waals surface area (Å²) < 4.78 is 0.983. The zero-order valence-electron chi connectivity index (χ0n) is 11.4. The first kappa shape index (κ1) is 13.3. The molecule has 0 saturated carbocycles. The lowest BCUT2D eigenvalue weighted by molar-refractivity contribution is -0.143. The van der Waals surface area contributed by atoms with Crippen molar-refractivity contribution in [1.82, 2.24) is 9.97 Å². The molecule has 5 nitrogen and oxygen atoms in total. The van der Waals surface area contributed by atoms with Gasteiger partial charge in [0.1, 0.15) is 11.9 Å². The minimum Gasteiger partial charge on any atom is -0.479 e. The molecular formula is C14H17N3O2S. The fourth-order valence-corrected chi connectivity index (χ4v) is 4.00. The predicted octanol–water partition coefficient (Wildman–Crippen LogP) is 2.92. The summed E-state index contributed by atoms with van der Waals surface area (Å²) in [7, 11) is 0. The molecule has 1 unspecified atom stereocenters. The second-order valence-electron chi connectivity index (χ2n) is 5.17. The van der Waals surface area contributed by atoms with Gasteiger partial charge in [-0.3, -0.25) is 0 Å². The largest absolute Gasteiger partial charge is 0.479 e. The number of rotatable bonds is 4. The molecule has 1 atom stereocenters. The van der Waals surface area contributed by atoms with Gasteiger partial charge in [0.15, 0.2) is 5.82 Å². The van der Waals surface area contributed by atoms with Crippen LogP contribution in [0.5, 0.6) is 0 Å². The molecule has 2 aromatic heterocycles. The van der Waals surface area contributed by atoms with E-state index >= 15 is 0 Å².